The Morgan fingerprint density at radius 3 is 2.56 bits per heavy atom. The minimum atomic E-state index is -0.186. The van der Waals surface area contributed by atoms with Gasteiger partial charge in [0.2, 0.25) is 0 Å². The molecule has 146 valence electrons. The molecule has 7 heteroatoms. The molecule has 2 aromatic rings. The number of amides is 1. The van der Waals surface area contributed by atoms with Gasteiger partial charge in [0.25, 0.3) is 5.91 Å². The smallest absolute Gasteiger partial charge is 0.287 e. The molecule has 3 N–H and O–H groups in total. The van der Waals surface area contributed by atoms with Crippen LogP contribution in [0.25, 0.3) is 0 Å². The zero-order valence-corrected chi connectivity index (χ0v) is 16.6. The summed E-state index contributed by atoms with van der Waals surface area (Å²) in [6, 6.07) is 9.62. The number of halogens is 1. The van der Waals surface area contributed by atoms with Gasteiger partial charge in [0.05, 0.1) is 6.26 Å². The number of rotatable bonds is 9. The zero-order chi connectivity index (χ0) is 19.5. The van der Waals surface area contributed by atoms with E-state index in [1.807, 2.05) is 38.1 Å². The number of guanidine groups is 1. The van der Waals surface area contributed by atoms with E-state index in [0.717, 1.165) is 42.5 Å². The highest BCUT2D eigenvalue weighted by atomic mass is 35.5. The quantitative estimate of drug-likeness (QED) is 0.349. The Kier molecular flexibility index (Phi) is 8.71. The number of carbonyl (C=O) groups excluding carboxylic acids is 1. The van der Waals surface area contributed by atoms with Crippen molar-refractivity contribution < 1.29 is 9.21 Å². The van der Waals surface area contributed by atoms with Crippen LogP contribution in [0, 0.1) is 6.92 Å². The lowest BCUT2D eigenvalue weighted by molar-refractivity contribution is 0.0925. The van der Waals surface area contributed by atoms with Crippen molar-refractivity contribution in [3.8, 4) is 0 Å². The number of carbonyl (C=O) groups is 1. The first-order chi connectivity index (χ1) is 13.1. The van der Waals surface area contributed by atoms with E-state index in [1.165, 1.54) is 11.8 Å². The monoisotopic (exact) mass is 390 g/mol. The fourth-order valence-electron chi connectivity index (χ4n) is 2.48. The number of nitrogens with one attached hydrogen (secondary N) is 3. The van der Waals surface area contributed by atoms with E-state index in [0.29, 0.717) is 18.8 Å². The van der Waals surface area contributed by atoms with Crippen molar-refractivity contribution >= 4 is 23.5 Å². The van der Waals surface area contributed by atoms with Crippen molar-refractivity contribution in [3.63, 3.8) is 0 Å². The highest BCUT2D eigenvalue weighted by Gasteiger charge is 2.11. The van der Waals surface area contributed by atoms with Crippen LogP contribution in [-0.2, 0) is 6.42 Å². The van der Waals surface area contributed by atoms with Gasteiger partial charge in [-0.25, -0.2) is 0 Å². The van der Waals surface area contributed by atoms with Gasteiger partial charge in [-0.15, -0.1) is 0 Å². The van der Waals surface area contributed by atoms with Gasteiger partial charge in [0, 0.05) is 36.8 Å². The van der Waals surface area contributed by atoms with Gasteiger partial charge in [0.15, 0.2) is 11.7 Å². The summed E-state index contributed by atoms with van der Waals surface area (Å²) in [6.45, 7) is 6.62. The van der Waals surface area contributed by atoms with Crippen LogP contribution in [0.5, 0.6) is 0 Å². The molecule has 27 heavy (non-hydrogen) atoms. The van der Waals surface area contributed by atoms with Crippen molar-refractivity contribution in [2.24, 2.45) is 4.99 Å². The zero-order valence-electron chi connectivity index (χ0n) is 15.8. The van der Waals surface area contributed by atoms with Gasteiger partial charge in [-0.3, -0.25) is 9.79 Å². The van der Waals surface area contributed by atoms with Crippen LogP contribution in [0.1, 0.15) is 35.0 Å². The summed E-state index contributed by atoms with van der Waals surface area (Å²) < 4.78 is 5.17. The first-order valence-electron chi connectivity index (χ1n) is 9.19. The standard InChI is InChI=1S/C20H27ClN4O2/c1-3-22-20(25-13-9-16-5-7-17(21)8-6-16)24-12-4-11-23-19(26)18-15(2)10-14-27-18/h5-8,10,14H,3-4,9,11-13H2,1-2H3,(H,23,26)(H2,22,24,25). The summed E-state index contributed by atoms with van der Waals surface area (Å²) in [7, 11) is 0. The Hall–Kier alpha value is -2.47. The molecule has 1 aromatic heterocycles. The van der Waals surface area contributed by atoms with Crippen LogP contribution in [0.3, 0.4) is 0 Å². The molecule has 0 aliphatic rings. The summed E-state index contributed by atoms with van der Waals surface area (Å²) >= 11 is 5.90. The number of nitrogens with zero attached hydrogens (tertiary/aromatic N) is 1. The lowest BCUT2D eigenvalue weighted by Crippen LogP contribution is -2.38. The van der Waals surface area contributed by atoms with Gasteiger partial charge in [-0.2, -0.15) is 0 Å². The number of benzene rings is 1. The van der Waals surface area contributed by atoms with E-state index in [2.05, 4.69) is 20.9 Å². The van der Waals surface area contributed by atoms with Crippen molar-refractivity contribution in [2.75, 3.05) is 26.2 Å². The number of hydrogen-bond acceptors (Lipinski definition) is 3. The summed E-state index contributed by atoms with van der Waals surface area (Å²) in [5.74, 6) is 0.963. The molecule has 1 aromatic carbocycles. The number of furan rings is 1. The molecule has 0 atom stereocenters. The van der Waals surface area contributed by atoms with Crippen molar-refractivity contribution in [3.05, 3.63) is 58.5 Å². The topological polar surface area (TPSA) is 78.7 Å². The first kappa shape index (κ1) is 20.8. The second-order valence-corrected chi connectivity index (χ2v) is 6.54. The minimum Gasteiger partial charge on any atom is -0.459 e. The van der Waals surface area contributed by atoms with E-state index < -0.39 is 0 Å². The predicted octanol–water partition coefficient (Wildman–Crippen LogP) is 3.16. The van der Waals surface area contributed by atoms with E-state index in [1.54, 1.807) is 6.07 Å². The summed E-state index contributed by atoms with van der Waals surface area (Å²) in [5, 5.41) is 10.1. The van der Waals surface area contributed by atoms with Crippen LogP contribution in [0.15, 0.2) is 46.0 Å². The maximum absolute atomic E-state index is 11.9. The van der Waals surface area contributed by atoms with Crippen LogP contribution < -0.4 is 16.0 Å². The fraction of sp³-hybridized carbons (Fsp3) is 0.400. The third kappa shape index (κ3) is 7.35. The van der Waals surface area contributed by atoms with Crippen LogP contribution >= 0.6 is 11.6 Å². The Morgan fingerprint density at radius 1 is 1.11 bits per heavy atom. The van der Waals surface area contributed by atoms with Crippen molar-refractivity contribution in [1.29, 1.82) is 0 Å². The second kappa shape index (κ2) is 11.3. The molecular weight excluding hydrogens is 364 g/mol. The van der Waals surface area contributed by atoms with Crippen LogP contribution in [0.2, 0.25) is 5.02 Å². The number of aliphatic imine (C=N–C) groups is 1. The van der Waals surface area contributed by atoms with Gasteiger partial charge in [-0.1, -0.05) is 23.7 Å². The molecule has 0 saturated carbocycles. The largest absolute Gasteiger partial charge is 0.459 e. The third-order valence-corrected chi connectivity index (χ3v) is 4.17. The lowest BCUT2D eigenvalue weighted by atomic mass is 10.1. The average Bonchev–Trinajstić information content (AvgIpc) is 3.09. The Labute approximate surface area is 165 Å². The van der Waals surface area contributed by atoms with Crippen molar-refractivity contribution in [1.82, 2.24) is 16.0 Å². The Morgan fingerprint density at radius 2 is 1.89 bits per heavy atom. The van der Waals surface area contributed by atoms with E-state index in [-0.39, 0.29) is 5.91 Å². The highest BCUT2D eigenvalue weighted by Crippen LogP contribution is 2.09. The third-order valence-electron chi connectivity index (χ3n) is 3.92. The van der Waals surface area contributed by atoms with E-state index in [9.17, 15) is 4.79 Å². The maximum atomic E-state index is 11.9. The Bertz CT molecular complexity index is 741. The van der Waals surface area contributed by atoms with Gasteiger partial charge in [-0.05, 0) is 50.5 Å². The molecule has 0 unspecified atom stereocenters. The molecule has 0 aliphatic heterocycles. The maximum Gasteiger partial charge on any atom is 0.287 e. The van der Waals surface area contributed by atoms with E-state index in [4.69, 9.17) is 16.0 Å². The fourth-order valence-corrected chi connectivity index (χ4v) is 2.60. The number of aryl methyl sites for hydroxylation is 1. The molecule has 0 fully saturated rings. The van der Waals surface area contributed by atoms with Crippen LogP contribution in [-0.4, -0.2) is 38.0 Å². The van der Waals surface area contributed by atoms with Crippen molar-refractivity contribution in [2.45, 2.75) is 26.7 Å². The summed E-state index contributed by atoms with van der Waals surface area (Å²) in [4.78, 5) is 16.5. The van der Waals surface area contributed by atoms with Gasteiger partial charge >= 0.3 is 0 Å². The highest BCUT2D eigenvalue weighted by molar-refractivity contribution is 6.30. The number of hydrogen-bond donors (Lipinski definition) is 3. The molecular formula is C20H27ClN4O2. The van der Waals surface area contributed by atoms with Gasteiger partial charge in [0.1, 0.15) is 0 Å². The predicted molar refractivity (Wildman–Crippen MR) is 110 cm³/mol. The Balaban J connectivity index is 1.68. The average molecular weight is 391 g/mol. The molecule has 0 spiro atoms. The molecule has 0 saturated heterocycles. The van der Waals surface area contributed by atoms with Crippen LogP contribution in [0.4, 0.5) is 0 Å². The summed E-state index contributed by atoms with van der Waals surface area (Å²) in [5.41, 5.74) is 2.06. The minimum absolute atomic E-state index is 0.186. The van der Waals surface area contributed by atoms with Gasteiger partial charge < -0.3 is 20.4 Å². The molecule has 1 amide bonds. The molecule has 0 aliphatic carbocycles. The molecule has 0 bridgehead atoms. The molecule has 0 radical (unpaired) electrons. The SMILES string of the molecule is CCNC(=NCCCNC(=O)c1occc1C)NCCc1ccc(Cl)cc1. The molecule has 1 heterocycles. The molecule has 6 nitrogen and oxygen atoms in total. The first-order valence-corrected chi connectivity index (χ1v) is 9.57. The van der Waals surface area contributed by atoms with E-state index >= 15 is 0 Å². The molecule has 2 rings (SSSR count). The normalized spacial score (nSPS) is 11.3. The lowest BCUT2D eigenvalue weighted by Gasteiger charge is -2.11. The summed E-state index contributed by atoms with van der Waals surface area (Å²) in [6.07, 6.45) is 3.16. The second-order valence-electron chi connectivity index (χ2n) is 6.11.